The van der Waals surface area contributed by atoms with Gasteiger partial charge in [0, 0.05) is 36.3 Å². The van der Waals surface area contributed by atoms with Crippen LogP contribution < -0.4 is 5.32 Å². The van der Waals surface area contributed by atoms with Gasteiger partial charge in [0.05, 0.1) is 29.5 Å². The van der Waals surface area contributed by atoms with Crippen LogP contribution in [0, 0.1) is 25.3 Å². The van der Waals surface area contributed by atoms with Gasteiger partial charge in [0.2, 0.25) is 0 Å². The van der Waals surface area contributed by atoms with Gasteiger partial charge in [-0.3, -0.25) is 19.0 Å². The van der Waals surface area contributed by atoms with Gasteiger partial charge < -0.3 is 10.2 Å². The molecule has 1 aliphatic heterocycles. The number of aromatic nitrogens is 4. The van der Waals surface area contributed by atoms with Crippen molar-refractivity contribution in [1.29, 1.82) is 0 Å². The highest BCUT2D eigenvalue weighted by atomic mass is 16.2. The van der Waals surface area contributed by atoms with Gasteiger partial charge in [-0.15, -0.1) is 0 Å². The summed E-state index contributed by atoms with van der Waals surface area (Å²) in [7, 11) is 0. The molecule has 0 saturated carbocycles. The molecule has 1 saturated heterocycles. The fraction of sp³-hybridized carbons (Fsp3) is 0.214. The Labute approximate surface area is 214 Å². The van der Waals surface area contributed by atoms with Gasteiger partial charge in [0.25, 0.3) is 11.8 Å². The second-order valence-electron chi connectivity index (χ2n) is 8.62. The minimum atomic E-state index is -0.327. The predicted octanol–water partition coefficient (Wildman–Crippen LogP) is 4.59. The first-order valence-electron chi connectivity index (χ1n) is 11.8. The number of hydrogen-bond acceptors (Lipinski definition) is 5. The molecule has 5 rings (SSSR count). The number of aryl methyl sites for hydroxylation is 1. The van der Waals surface area contributed by atoms with Crippen LogP contribution in [0.5, 0.6) is 0 Å². The summed E-state index contributed by atoms with van der Waals surface area (Å²) in [6.45, 7) is 11.3. The first-order chi connectivity index (χ1) is 18.0. The third-order valence-electron chi connectivity index (χ3n) is 6.34. The van der Waals surface area contributed by atoms with E-state index >= 15 is 0 Å². The number of anilines is 1. The van der Waals surface area contributed by atoms with Gasteiger partial charge in [0.15, 0.2) is 5.69 Å². The molecule has 3 aromatic heterocycles. The quantitative estimate of drug-likeness (QED) is 0.334. The van der Waals surface area contributed by atoms with E-state index in [2.05, 4.69) is 32.0 Å². The zero-order chi connectivity index (χ0) is 25.9. The van der Waals surface area contributed by atoms with Crippen LogP contribution in [0.4, 0.5) is 11.5 Å². The predicted molar refractivity (Wildman–Crippen MR) is 139 cm³/mol. The molecule has 37 heavy (non-hydrogen) atoms. The third kappa shape index (κ3) is 4.51. The van der Waals surface area contributed by atoms with Gasteiger partial charge in [-0.1, -0.05) is 18.1 Å². The van der Waals surface area contributed by atoms with Crippen LogP contribution in [-0.2, 0) is 4.79 Å². The van der Waals surface area contributed by atoms with Crippen molar-refractivity contribution in [1.82, 2.24) is 24.3 Å². The number of nitrogens with zero attached hydrogens (tertiary/aromatic N) is 6. The second-order valence-corrected chi connectivity index (χ2v) is 8.62. The van der Waals surface area contributed by atoms with Crippen LogP contribution in [0.3, 0.4) is 0 Å². The Hall–Kier alpha value is -5.02. The highest BCUT2D eigenvalue weighted by Gasteiger charge is 2.33. The molecule has 4 heterocycles. The molecule has 182 valence electrons. The zero-order valence-corrected chi connectivity index (χ0v) is 20.4. The van der Waals surface area contributed by atoms with Crippen LogP contribution in [-0.4, -0.2) is 42.6 Å². The monoisotopic (exact) mass is 489 g/mol. The van der Waals surface area contributed by atoms with Crippen molar-refractivity contribution in [2.75, 3.05) is 11.9 Å². The van der Waals surface area contributed by atoms with E-state index in [1.54, 1.807) is 36.2 Å². The standard InChI is InChI=1S/C28H23N7O2/c1-4-6-24(36)34-15-5-7-22(34)27-33-25(26-18(2)30-14-16-35(26)27)19-8-10-20(11-9-19)28(37)32-23-17-21(29-3)12-13-31-23/h8-14,16-17,22H,5,7,15H2,1-2H3,(H,31,32,37)/t22-/m0/s1. The number of nitrogens with one attached hydrogen (secondary N) is 1. The Balaban J connectivity index is 1.48. The lowest BCUT2D eigenvalue weighted by Crippen LogP contribution is -2.30. The number of carbonyl (C=O) groups is 2. The zero-order valence-electron chi connectivity index (χ0n) is 20.4. The molecule has 1 aliphatic rings. The average Bonchev–Trinajstić information content (AvgIpc) is 3.55. The summed E-state index contributed by atoms with van der Waals surface area (Å²) < 4.78 is 2.00. The average molecular weight is 490 g/mol. The number of hydrogen-bond donors (Lipinski definition) is 1. The molecule has 0 bridgehead atoms. The van der Waals surface area contributed by atoms with Gasteiger partial charge in [-0.05, 0) is 56.9 Å². The summed E-state index contributed by atoms with van der Waals surface area (Å²) in [5.41, 5.74) is 4.08. The molecule has 1 aromatic carbocycles. The van der Waals surface area contributed by atoms with Gasteiger partial charge in [0.1, 0.15) is 11.6 Å². The Morgan fingerprint density at radius 1 is 1.16 bits per heavy atom. The topological polar surface area (TPSA) is 96.9 Å². The van der Waals surface area contributed by atoms with E-state index in [1.807, 2.05) is 29.7 Å². The molecule has 0 radical (unpaired) electrons. The molecular weight excluding hydrogens is 466 g/mol. The van der Waals surface area contributed by atoms with Crippen LogP contribution in [0.15, 0.2) is 55.0 Å². The van der Waals surface area contributed by atoms with Crippen molar-refractivity contribution in [3.05, 3.63) is 83.5 Å². The lowest BCUT2D eigenvalue weighted by molar-refractivity contribution is -0.126. The van der Waals surface area contributed by atoms with Crippen LogP contribution >= 0.6 is 0 Å². The SMILES string of the molecule is [C-]#[N+]c1ccnc(NC(=O)c2ccc(-c3nc([C@@H]4CCCN4C(=O)C#CC)n4ccnc(C)c34)cc2)c1. The molecule has 1 N–H and O–H groups in total. The minimum absolute atomic E-state index is 0.180. The molecule has 4 aromatic rings. The van der Waals surface area contributed by atoms with Gasteiger partial charge in [-0.2, -0.15) is 0 Å². The minimum Gasteiger partial charge on any atom is -0.322 e. The number of carbonyl (C=O) groups excluding carboxylic acids is 2. The summed E-state index contributed by atoms with van der Waals surface area (Å²) in [6, 6.07) is 10.1. The number of imidazole rings is 1. The fourth-order valence-electron chi connectivity index (χ4n) is 4.64. The summed E-state index contributed by atoms with van der Waals surface area (Å²) in [5, 5.41) is 2.73. The molecule has 0 unspecified atom stereocenters. The summed E-state index contributed by atoms with van der Waals surface area (Å²) in [4.78, 5) is 44.1. The Morgan fingerprint density at radius 3 is 2.73 bits per heavy atom. The Bertz CT molecular complexity index is 1620. The molecule has 0 spiro atoms. The number of likely N-dealkylation sites (tertiary alicyclic amines) is 1. The molecular formula is C28H23N7O2. The van der Waals surface area contributed by atoms with Crippen molar-refractivity contribution in [2.24, 2.45) is 0 Å². The summed E-state index contributed by atoms with van der Waals surface area (Å²) >= 11 is 0. The fourth-order valence-corrected chi connectivity index (χ4v) is 4.64. The highest BCUT2D eigenvalue weighted by molar-refractivity contribution is 6.04. The van der Waals surface area contributed by atoms with Crippen molar-refractivity contribution < 1.29 is 9.59 Å². The molecule has 1 fully saturated rings. The first-order valence-corrected chi connectivity index (χ1v) is 11.8. The number of fused-ring (bicyclic) bond motifs is 1. The number of pyridine rings is 1. The largest absolute Gasteiger partial charge is 0.322 e. The van der Waals surface area contributed by atoms with Gasteiger partial charge in [-0.25, -0.2) is 14.8 Å². The highest BCUT2D eigenvalue weighted by Crippen LogP contribution is 2.35. The summed E-state index contributed by atoms with van der Waals surface area (Å²) in [6.07, 6.45) is 6.77. The maximum atomic E-state index is 12.8. The number of amides is 2. The molecule has 9 heteroatoms. The smallest absolute Gasteiger partial charge is 0.299 e. The van der Waals surface area contributed by atoms with Crippen LogP contribution in [0.1, 0.15) is 47.7 Å². The maximum Gasteiger partial charge on any atom is 0.299 e. The van der Waals surface area contributed by atoms with E-state index in [-0.39, 0.29) is 17.9 Å². The van der Waals surface area contributed by atoms with Crippen LogP contribution in [0.2, 0.25) is 0 Å². The van der Waals surface area contributed by atoms with E-state index in [9.17, 15) is 9.59 Å². The van der Waals surface area contributed by atoms with Gasteiger partial charge >= 0.3 is 0 Å². The van der Waals surface area contributed by atoms with E-state index in [0.717, 1.165) is 41.1 Å². The van der Waals surface area contributed by atoms with E-state index < -0.39 is 0 Å². The second kappa shape index (κ2) is 9.92. The van der Waals surface area contributed by atoms with E-state index in [1.165, 1.54) is 12.3 Å². The van der Waals surface area contributed by atoms with E-state index in [0.29, 0.717) is 23.6 Å². The molecule has 0 aliphatic carbocycles. The van der Waals surface area contributed by atoms with Crippen molar-refractivity contribution >= 4 is 28.8 Å². The Kier molecular flexibility index (Phi) is 6.36. The lowest BCUT2D eigenvalue weighted by Gasteiger charge is -2.21. The number of benzene rings is 1. The third-order valence-corrected chi connectivity index (χ3v) is 6.34. The molecule has 1 atom stereocenters. The normalized spacial score (nSPS) is 14.6. The molecule has 2 amide bonds. The maximum absolute atomic E-state index is 12.8. The van der Waals surface area contributed by atoms with E-state index in [4.69, 9.17) is 11.6 Å². The van der Waals surface area contributed by atoms with Crippen molar-refractivity contribution in [2.45, 2.75) is 32.7 Å². The van der Waals surface area contributed by atoms with Crippen LogP contribution in [0.25, 0.3) is 21.6 Å². The lowest BCUT2D eigenvalue weighted by atomic mass is 10.1. The van der Waals surface area contributed by atoms with Crippen molar-refractivity contribution in [3.63, 3.8) is 0 Å². The Morgan fingerprint density at radius 2 is 1.97 bits per heavy atom. The summed E-state index contributed by atoms with van der Waals surface area (Å²) in [5.74, 6) is 5.92. The first kappa shape index (κ1) is 23.7. The molecule has 9 nitrogen and oxygen atoms in total. The van der Waals surface area contributed by atoms with Crippen molar-refractivity contribution in [3.8, 4) is 23.1 Å². The number of rotatable bonds is 4.